The number of rotatable bonds is 2. The van der Waals surface area contributed by atoms with Crippen LogP contribution in [0, 0.1) is 11.8 Å². The van der Waals surface area contributed by atoms with Gasteiger partial charge >= 0.3 is 0 Å². The van der Waals surface area contributed by atoms with Crippen molar-refractivity contribution in [2.24, 2.45) is 11.8 Å². The molecule has 1 saturated carbocycles. The Hall–Kier alpha value is -1.84. The van der Waals surface area contributed by atoms with Crippen molar-refractivity contribution < 1.29 is 15.3 Å². The first-order chi connectivity index (χ1) is 12.7. The van der Waals surface area contributed by atoms with Crippen LogP contribution >= 0.6 is 0 Å². The lowest BCUT2D eigenvalue weighted by molar-refractivity contribution is -0.210. The molecule has 0 saturated heterocycles. The smallest absolute Gasteiger partial charge is 0.118 e. The Morgan fingerprint density at radius 3 is 2.44 bits per heavy atom. The Kier molecular flexibility index (Phi) is 4.17. The van der Waals surface area contributed by atoms with Gasteiger partial charge in [0.05, 0.1) is 5.60 Å². The van der Waals surface area contributed by atoms with Crippen LogP contribution in [0.25, 0.3) is 0 Å². The Labute approximate surface area is 161 Å². The summed E-state index contributed by atoms with van der Waals surface area (Å²) in [6.45, 7) is 6.21. The summed E-state index contributed by atoms with van der Waals surface area (Å²) in [6, 6.07) is 15.3. The number of hydrogen-bond donors (Lipinski definition) is 3. The van der Waals surface area contributed by atoms with Crippen LogP contribution in [0.3, 0.4) is 0 Å². The van der Waals surface area contributed by atoms with Gasteiger partial charge in [0.2, 0.25) is 0 Å². The van der Waals surface area contributed by atoms with Gasteiger partial charge in [0, 0.05) is 5.41 Å². The quantitative estimate of drug-likeness (QED) is 0.743. The minimum atomic E-state index is -1.26. The number of aromatic hydroxyl groups is 1. The van der Waals surface area contributed by atoms with Gasteiger partial charge in [-0.3, -0.25) is 0 Å². The third-order valence-electron chi connectivity index (χ3n) is 7.51. The van der Waals surface area contributed by atoms with Crippen LogP contribution in [0.4, 0.5) is 0 Å². The molecule has 0 bridgehead atoms. The highest BCUT2D eigenvalue weighted by atomic mass is 16.4. The van der Waals surface area contributed by atoms with Crippen LogP contribution in [-0.2, 0) is 17.4 Å². The first-order valence-corrected chi connectivity index (χ1v) is 10.1. The van der Waals surface area contributed by atoms with Crippen molar-refractivity contribution >= 4 is 0 Å². The van der Waals surface area contributed by atoms with Gasteiger partial charge in [0.15, 0.2) is 0 Å². The van der Waals surface area contributed by atoms with E-state index >= 15 is 0 Å². The highest BCUT2D eigenvalue weighted by Gasteiger charge is 2.62. The monoisotopic (exact) mass is 366 g/mol. The van der Waals surface area contributed by atoms with Crippen molar-refractivity contribution in [1.82, 2.24) is 0 Å². The highest BCUT2D eigenvalue weighted by molar-refractivity contribution is 5.45. The second-order valence-electron chi connectivity index (χ2n) is 9.02. The summed E-state index contributed by atoms with van der Waals surface area (Å²) < 4.78 is 0. The number of phenols is 1. The number of benzene rings is 2. The maximum atomic E-state index is 11.7. The summed E-state index contributed by atoms with van der Waals surface area (Å²) in [4.78, 5) is 0. The van der Waals surface area contributed by atoms with Crippen LogP contribution < -0.4 is 0 Å². The first kappa shape index (κ1) is 18.5. The molecule has 144 valence electrons. The van der Waals surface area contributed by atoms with Crippen LogP contribution in [0.1, 0.15) is 56.7 Å². The van der Waals surface area contributed by atoms with Crippen molar-refractivity contribution in [3.8, 4) is 5.75 Å². The molecular formula is C24H30O3. The highest BCUT2D eigenvalue weighted by Crippen LogP contribution is 2.61. The van der Waals surface area contributed by atoms with Crippen molar-refractivity contribution in [3.63, 3.8) is 0 Å². The third kappa shape index (κ3) is 2.55. The zero-order chi connectivity index (χ0) is 19.4. The summed E-state index contributed by atoms with van der Waals surface area (Å²) >= 11 is 0. The van der Waals surface area contributed by atoms with E-state index in [1.807, 2.05) is 42.5 Å². The second kappa shape index (κ2) is 6.08. The minimum Gasteiger partial charge on any atom is -0.508 e. The molecule has 0 heterocycles. The van der Waals surface area contributed by atoms with E-state index in [9.17, 15) is 15.3 Å². The van der Waals surface area contributed by atoms with Crippen molar-refractivity contribution in [1.29, 1.82) is 0 Å². The largest absolute Gasteiger partial charge is 0.508 e. The van der Waals surface area contributed by atoms with E-state index in [1.54, 1.807) is 13.0 Å². The zero-order valence-corrected chi connectivity index (χ0v) is 16.4. The van der Waals surface area contributed by atoms with Crippen LogP contribution in [0.5, 0.6) is 5.75 Å². The molecule has 2 aliphatic rings. The summed E-state index contributed by atoms with van der Waals surface area (Å²) in [5.41, 5.74) is 0.518. The molecular weight excluding hydrogens is 336 g/mol. The first-order valence-electron chi connectivity index (χ1n) is 10.1. The van der Waals surface area contributed by atoms with Gasteiger partial charge in [-0.1, -0.05) is 50.2 Å². The predicted octanol–water partition coefficient (Wildman–Crippen LogP) is 4.28. The van der Waals surface area contributed by atoms with Gasteiger partial charge in [0.1, 0.15) is 11.4 Å². The number of aliphatic hydroxyl groups is 2. The van der Waals surface area contributed by atoms with Crippen LogP contribution in [0.15, 0.2) is 48.5 Å². The fraction of sp³-hybridized carbons (Fsp3) is 0.500. The summed E-state index contributed by atoms with van der Waals surface area (Å²) in [7, 11) is 0. The predicted molar refractivity (Wildman–Crippen MR) is 107 cm³/mol. The minimum absolute atomic E-state index is 0.189. The number of hydrogen-bond acceptors (Lipinski definition) is 3. The lowest BCUT2D eigenvalue weighted by Crippen LogP contribution is -2.63. The molecule has 4 rings (SSSR count). The molecule has 5 unspecified atom stereocenters. The Morgan fingerprint density at radius 2 is 1.78 bits per heavy atom. The molecule has 0 amide bonds. The van der Waals surface area contributed by atoms with Gasteiger partial charge in [-0.25, -0.2) is 0 Å². The van der Waals surface area contributed by atoms with Crippen LogP contribution in [-0.4, -0.2) is 20.9 Å². The van der Waals surface area contributed by atoms with E-state index in [-0.39, 0.29) is 11.3 Å². The Morgan fingerprint density at radius 1 is 1.07 bits per heavy atom. The summed E-state index contributed by atoms with van der Waals surface area (Å²) in [6.07, 6.45) is 2.85. The van der Waals surface area contributed by atoms with Crippen molar-refractivity contribution in [3.05, 3.63) is 65.2 Å². The van der Waals surface area contributed by atoms with Gasteiger partial charge in [-0.15, -0.1) is 0 Å². The van der Waals surface area contributed by atoms with Crippen molar-refractivity contribution in [2.75, 3.05) is 0 Å². The van der Waals surface area contributed by atoms with Gasteiger partial charge in [-0.2, -0.15) is 0 Å². The molecule has 5 atom stereocenters. The summed E-state index contributed by atoms with van der Waals surface area (Å²) in [5, 5.41) is 33.3. The molecule has 0 spiro atoms. The Balaban J connectivity index is 1.87. The Bertz CT molecular complexity index is 844. The molecule has 2 aromatic rings. The molecule has 0 aliphatic heterocycles. The van der Waals surface area contributed by atoms with Crippen LogP contribution in [0.2, 0.25) is 0 Å². The second-order valence-corrected chi connectivity index (χ2v) is 9.02. The van der Waals surface area contributed by atoms with Crippen molar-refractivity contribution in [2.45, 2.75) is 63.1 Å². The van der Waals surface area contributed by atoms with E-state index in [4.69, 9.17) is 0 Å². The number of phenolic OH excluding ortho intramolecular Hbond substituents is 1. The molecule has 1 fully saturated rings. The molecule has 2 aliphatic carbocycles. The molecule has 3 nitrogen and oxygen atoms in total. The molecule has 0 aromatic heterocycles. The fourth-order valence-corrected chi connectivity index (χ4v) is 6.11. The number of fused-ring (bicyclic) bond motifs is 3. The average molecular weight is 367 g/mol. The lowest BCUT2D eigenvalue weighted by Gasteiger charge is -2.60. The lowest BCUT2D eigenvalue weighted by atomic mass is 9.47. The zero-order valence-electron chi connectivity index (χ0n) is 16.4. The maximum Gasteiger partial charge on any atom is 0.118 e. The average Bonchev–Trinajstić information content (AvgIpc) is 2.63. The van der Waals surface area contributed by atoms with E-state index in [0.29, 0.717) is 24.5 Å². The van der Waals surface area contributed by atoms with E-state index in [0.717, 1.165) is 18.4 Å². The van der Waals surface area contributed by atoms with Gasteiger partial charge < -0.3 is 15.3 Å². The van der Waals surface area contributed by atoms with E-state index in [2.05, 4.69) is 13.8 Å². The maximum absolute atomic E-state index is 11.7. The molecule has 2 aromatic carbocycles. The SMILES string of the molecule is CCC12CC(C)(O)C(O)(c3ccccc3)CC1C(C)Cc1cc(O)ccc12. The van der Waals surface area contributed by atoms with Gasteiger partial charge in [0.25, 0.3) is 0 Å². The summed E-state index contributed by atoms with van der Waals surface area (Å²) in [5.74, 6) is 0.935. The standard InChI is InChI=1S/C24H30O3/c1-4-23-15-22(3,26)24(27,18-8-6-5-7-9-18)14-21(23)16(2)12-17-13-19(25)10-11-20(17)23/h5-11,13,16,21,25-27H,4,12,14-15H2,1-3H3. The fourth-order valence-electron chi connectivity index (χ4n) is 6.11. The third-order valence-corrected chi connectivity index (χ3v) is 7.51. The van der Waals surface area contributed by atoms with Gasteiger partial charge in [-0.05, 0) is 73.3 Å². The molecule has 3 N–H and O–H groups in total. The normalized spacial score (nSPS) is 38.1. The molecule has 27 heavy (non-hydrogen) atoms. The molecule has 3 heteroatoms. The topological polar surface area (TPSA) is 60.7 Å². The van der Waals surface area contributed by atoms with E-state index < -0.39 is 11.2 Å². The molecule has 0 radical (unpaired) electrons. The van der Waals surface area contributed by atoms with E-state index in [1.165, 1.54) is 11.1 Å².